The number of pyridine rings is 1. The van der Waals surface area contributed by atoms with Gasteiger partial charge in [0.1, 0.15) is 11.4 Å². The number of hydrogen-bond donors (Lipinski definition) is 0. The van der Waals surface area contributed by atoms with Gasteiger partial charge in [0.05, 0.1) is 0 Å². The lowest BCUT2D eigenvalue weighted by Gasteiger charge is -2.02. The van der Waals surface area contributed by atoms with Gasteiger partial charge in [-0.3, -0.25) is 0 Å². The first-order chi connectivity index (χ1) is 7.36. The summed E-state index contributed by atoms with van der Waals surface area (Å²) in [5.41, 5.74) is 0.297. The number of ether oxygens (including phenoxy) is 1. The van der Waals surface area contributed by atoms with E-state index in [0.29, 0.717) is 11.4 Å². The second-order valence-electron chi connectivity index (χ2n) is 2.84. The largest absolute Gasteiger partial charge is 0.422 e. The maximum Gasteiger partial charge on any atom is 0.362 e. The molecule has 1 radical (unpaired) electrons. The van der Waals surface area contributed by atoms with Crippen LogP contribution >= 0.6 is 0 Å². The number of esters is 1. The number of nitrogens with zero attached hydrogens (tertiary/aromatic N) is 1. The van der Waals surface area contributed by atoms with Crippen molar-refractivity contribution in [1.29, 1.82) is 0 Å². The molecule has 1 aromatic heterocycles. The van der Waals surface area contributed by atoms with E-state index >= 15 is 0 Å². The molecule has 0 atom stereocenters. The minimum Gasteiger partial charge on any atom is -0.422 e. The zero-order valence-corrected chi connectivity index (χ0v) is 7.88. The molecule has 0 unspecified atom stereocenters. The summed E-state index contributed by atoms with van der Waals surface area (Å²) in [6, 6.07) is 14.6. The Morgan fingerprint density at radius 3 is 2.67 bits per heavy atom. The molecule has 1 aromatic carbocycles. The van der Waals surface area contributed by atoms with Crippen molar-refractivity contribution >= 4 is 5.97 Å². The van der Waals surface area contributed by atoms with Crippen molar-refractivity contribution in [3.8, 4) is 5.75 Å². The molecule has 0 aliphatic carbocycles. The molecule has 0 fully saturated rings. The molecule has 3 heteroatoms. The number of hydrogen-bond acceptors (Lipinski definition) is 3. The molecule has 0 spiro atoms. The van der Waals surface area contributed by atoms with Crippen LogP contribution in [0.4, 0.5) is 0 Å². The van der Waals surface area contributed by atoms with Crippen molar-refractivity contribution in [3.05, 3.63) is 60.4 Å². The fourth-order valence-corrected chi connectivity index (χ4v) is 1.08. The molecule has 0 bridgehead atoms. The van der Waals surface area contributed by atoms with Crippen LogP contribution in [0, 0.1) is 6.07 Å². The number of carbonyl (C=O) groups excluding carboxylic acids is 1. The van der Waals surface area contributed by atoms with E-state index in [-0.39, 0.29) is 0 Å². The Balaban J connectivity index is 2.12. The van der Waals surface area contributed by atoms with Gasteiger partial charge in [-0.2, -0.15) is 0 Å². The van der Waals surface area contributed by atoms with E-state index in [0.717, 1.165) is 0 Å². The molecule has 3 nitrogen and oxygen atoms in total. The Kier molecular flexibility index (Phi) is 2.74. The first-order valence-electron chi connectivity index (χ1n) is 4.45. The van der Waals surface area contributed by atoms with Crippen LogP contribution < -0.4 is 4.74 Å². The Morgan fingerprint density at radius 1 is 1.20 bits per heavy atom. The summed E-state index contributed by atoms with van der Waals surface area (Å²) in [4.78, 5) is 15.4. The minimum absolute atomic E-state index is 0.297. The van der Waals surface area contributed by atoms with Crippen LogP contribution in [0.5, 0.6) is 5.75 Å². The smallest absolute Gasteiger partial charge is 0.362 e. The predicted octanol–water partition coefficient (Wildman–Crippen LogP) is 2.10. The molecule has 15 heavy (non-hydrogen) atoms. The summed E-state index contributed by atoms with van der Waals surface area (Å²) in [6.07, 6.45) is 1.55. The lowest BCUT2D eigenvalue weighted by atomic mass is 10.3. The van der Waals surface area contributed by atoms with E-state index in [4.69, 9.17) is 4.74 Å². The van der Waals surface area contributed by atoms with Crippen LogP contribution in [-0.2, 0) is 0 Å². The fourth-order valence-electron chi connectivity index (χ4n) is 1.08. The second kappa shape index (κ2) is 4.37. The molecule has 2 rings (SSSR count). The molecule has 2 aromatic rings. The van der Waals surface area contributed by atoms with Crippen molar-refractivity contribution in [3.63, 3.8) is 0 Å². The topological polar surface area (TPSA) is 39.2 Å². The van der Waals surface area contributed by atoms with Gasteiger partial charge in [0.2, 0.25) is 0 Å². The molecule has 73 valence electrons. The molecule has 0 N–H and O–H groups in total. The Morgan fingerprint density at radius 2 is 2.00 bits per heavy atom. The monoisotopic (exact) mass is 198 g/mol. The van der Waals surface area contributed by atoms with Crippen molar-refractivity contribution in [2.45, 2.75) is 0 Å². The summed E-state index contributed by atoms with van der Waals surface area (Å²) in [7, 11) is 0. The average Bonchev–Trinajstić information content (AvgIpc) is 2.31. The first kappa shape index (κ1) is 9.40. The summed E-state index contributed by atoms with van der Waals surface area (Å²) in [6.45, 7) is 0. The first-order valence-corrected chi connectivity index (χ1v) is 4.45. The Hall–Kier alpha value is -2.16. The van der Waals surface area contributed by atoms with Crippen LogP contribution in [0.25, 0.3) is 0 Å². The summed E-state index contributed by atoms with van der Waals surface area (Å²) >= 11 is 0. The maximum absolute atomic E-state index is 11.5. The number of aromatic nitrogens is 1. The normalized spacial score (nSPS) is 9.60. The molecule has 1 heterocycles. The van der Waals surface area contributed by atoms with E-state index < -0.39 is 5.97 Å². The van der Waals surface area contributed by atoms with Gasteiger partial charge in [-0.25, -0.2) is 9.78 Å². The summed E-state index contributed by atoms with van der Waals surface area (Å²) in [5, 5.41) is 0. The van der Waals surface area contributed by atoms with Gasteiger partial charge in [0.25, 0.3) is 0 Å². The third-order valence-corrected chi connectivity index (χ3v) is 1.77. The van der Waals surface area contributed by atoms with E-state index in [1.165, 1.54) is 0 Å². The van der Waals surface area contributed by atoms with Crippen LogP contribution in [0.3, 0.4) is 0 Å². The zero-order valence-electron chi connectivity index (χ0n) is 7.88. The van der Waals surface area contributed by atoms with Crippen molar-refractivity contribution in [1.82, 2.24) is 4.98 Å². The molecule has 0 aliphatic heterocycles. The van der Waals surface area contributed by atoms with E-state index in [2.05, 4.69) is 11.1 Å². The maximum atomic E-state index is 11.5. The van der Waals surface area contributed by atoms with Crippen LogP contribution in [0.15, 0.2) is 48.7 Å². The molecular formula is C12H8NO2. The van der Waals surface area contributed by atoms with Crippen LogP contribution in [0.1, 0.15) is 10.5 Å². The van der Waals surface area contributed by atoms with E-state index in [9.17, 15) is 4.79 Å². The summed E-state index contributed by atoms with van der Waals surface area (Å²) < 4.78 is 5.08. The SMILES string of the molecule is O=C(Oc1cc[c]cc1)c1ccccn1. The fraction of sp³-hybridized carbons (Fsp3) is 0. The highest BCUT2D eigenvalue weighted by molar-refractivity contribution is 5.88. The summed E-state index contributed by atoms with van der Waals surface area (Å²) in [5.74, 6) is 0.0335. The number of benzene rings is 1. The lowest BCUT2D eigenvalue weighted by molar-refractivity contribution is 0.0728. The highest BCUT2D eigenvalue weighted by atomic mass is 16.5. The van der Waals surface area contributed by atoms with Crippen molar-refractivity contribution in [2.24, 2.45) is 0 Å². The second-order valence-corrected chi connectivity index (χ2v) is 2.84. The molecule has 0 saturated carbocycles. The van der Waals surface area contributed by atoms with Gasteiger partial charge < -0.3 is 4.74 Å². The predicted molar refractivity (Wildman–Crippen MR) is 54.5 cm³/mol. The molecular weight excluding hydrogens is 190 g/mol. The third-order valence-electron chi connectivity index (χ3n) is 1.77. The quantitative estimate of drug-likeness (QED) is 0.548. The van der Waals surface area contributed by atoms with Crippen LogP contribution in [0.2, 0.25) is 0 Å². The van der Waals surface area contributed by atoms with E-state index in [1.54, 1.807) is 48.7 Å². The van der Waals surface area contributed by atoms with Crippen molar-refractivity contribution < 1.29 is 9.53 Å². The third kappa shape index (κ3) is 2.40. The van der Waals surface area contributed by atoms with E-state index in [1.807, 2.05) is 0 Å². The van der Waals surface area contributed by atoms with Gasteiger partial charge >= 0.3 is 5.97 Å². The minimum atomic E-state index is -0.457. The van der Waals surface area contributed by atoms with Gasteiger partial charge in [-0.05, 0) is 30.3 Å². The van der Waals surface area contributed by atoms with Gasteiger partial charge in [0.15, 0.2) is 0 Å². The number of rotatable bonds is 2. The molecule has 0 amide bonds. The Bertz CT molecular complexity index is 440. The van der Waals surface area contributed by atoms with Gasteiger partial charge in [-0.1, -0.05) is 18.2 Å². The number of carbonyl (C=O) groups is 1. The Labute approximate surface area is 87.3 Å². The van der Waals surface area contributed by atoms with Crippen molar-refractivity contribution in [2.75, 3.05) is 0 Å². The molecule has 0 aliphatic rings. The highest BCUT2D eigenvalue weighted by Crippen LogP contribution is 2.10. The highest BCUT2D eigenvalue weighted by Gasteiger charge is 2.08. The molecule has 0 saturated heterocycles. The lowest BCUT2D eigenvalue weighted by Crippen LogP contribution is -2.09. The van der Waals surface area contributed by atoms with Gasteiger partial charge in [-0.15, -0.1) is 0 Å². The zero-order chi connectivity index (χ0) is 10.5. The standard InChI is InChI=1S/C12H8NO2/c14-12(11-8-4-5-9-13-11)15-10-6-2-1-3-7-10/h2-9H. The van der Waals surface area contributed by atoms with Crippen LogP contribution in [-0.4, -0.2) is 11.0 Å². The van der Waals surface area contributed by atoms with Gasteiger partial charge in [0, 0.05) is 6.20 Å². The average molecular weight is 198 g/mol.